The van der Waals surface area contributed by atoms with E-state index in [1.807, 2.05) is 24.9 Å². The van der Waals surface area contributed by atoms with Crippen molar-refractivity contribution in [3.8, 4) is 0 Å². The lowest BCUT2D eigenvalue weighted by Gasteiger charge is -2.29. The number of aryl methyl sites for hydroxylation is 2. The van der Waals surface area contributed by atoms with Gasteiger partial charge in [0.15, 0.2) is 5.65 Å². The van der Waals surface area contributed by atoms with E-state index in [-0.39, 0.29) is 17.8 Å². The summed E-state index contributed by atoms with van der Waals surface area (Å²) in [4.78, 5) is 19.8. The van der Waals surface area contributed by atoms with Gasteiger partial charge in [-0.2, -0.15) is 5.10 Å². The number of amides is 1. The highest BCUT2D eigenvalue weighted by molar-refractivity contribution is 5.97. The average molecular weight is 380 g/mol. The number of hydrogen-bond donors (Lipinski definition) is 0. The number of benzene rings is 1. The molecule has 0 N–H and O–H groups in total. The third kappa shape index (κ3) is 3.63. The molecule has 0 atom stereocenters. The van der Waals surface area contributed by atoms with Gasteiger partial charge in [0.2, 0.25) is 0 Å². The number of aromatic nitrogens is 3. The summed E-state index contributed by atoms with van der Waals surface area (Å²) in [5.41, 5.74) is 3.30. The van der Waals surface area contributed by atoms with Crippen molar-refractivity contribution in [2.24, 2.45) is 7.05 Å². The first-order chi connectivity index (χ1) is 13.5. The smallest absolute Gasteiger partial charge is 0.255 e. The molecule has 0 bridgehead atoms. The number of carbonyl (C=O) groups is 1. The van der Waals surface area contributed by atoms with Crippen molar-refractivity contribution in [3.05, 3.63) is 59.2 Å². The van der Waals surface area contributed by atoms with Crippen LogP contribution >= 0.6 is 0 Å². The predicted octanol–water partition coefficient (Wildman–Crippen LogP) is 4.04. The maximum atomic E-state index is 13.4. The highest BCUT2D eigenvalue weighted by Gasteiger charge is 2.28. The molecule has 3 aromatic rings. The molecule has 5 nitrogen and oxygen atoms in total. The van der Waals surface area contributed by atoms with Crippen LogP contribution in [0.5, 0.6) is 0 Å². The van der Waals surface area contributed by atoms with E-state index in [0.29, 0.717) is 18.5 Å². The molecule has 1 aliphatic carbocycles. The first-order valence-corrected chi connectivity index (χ1v) is 9.87. The average Bonchev–Trinajstić information content (AvgIpc) is 3.32. The van der Waals surface area contributed by atoms with Crippen LogP contribution in [0.2, 0.25) is 0 Å². The Labute approximate surface area is 164 Å². The van der Waals surface area contributed by atoms with Crippen LogP contribution in [-0.4, -0.2) is 38.2 Å². The zero-order valence-electron chi connectivity index (χ0n) is 16.4. The second-order valence-corrected chi connectivity index (χ2v) is 7.62. The molecule has 1 aliphatic rings. The van der Waals surface area contributed by atoms with E-state index in [0.717, 1.165) is 48.0 Å². The first kappa shape index (κ1) is 18.6. The van der Waals surface area contributed by atoms with E-state index >= 15 is 0 Å². The van der Waals surface area contributed by atoms with Gasteiger partial charge < -0.3 is 4.90 Å². The Morgan fingerprint density at radius 2 is 1.96 bits per heavy atom. The molecule has 0 saturated heterocycles. The maximum Gasteiger partial charge on any atom is 0.255 e. The fourth-order valence-corrected chi connectivity index (χ4v) is 4.16. The highest BCUT2D eigenvalue weighted by atomic mass is 19.1. The molecular formula is C22H25FN4O. The van der Waals surface area contributed by atoms with Gasteiger partial charge in [-0.3, -0.25) is 9.48 Å². The van der Waals surface area contributed by atoms with Crippen molar-refractivity contribution < 1.29 is 9.18 Å². The molecule has 2 heterocycles. The Balaban J connectivity index is 1.59. The predicted molar refractivity (Wildman–Crippen MR) is 107 cm³/mol. The van der Waals surface area contributed by atoms with Crippen molar-refractivity contribution in [2.45, 2.75) is 45.1 Å². The summed E-state index contributed by atoms with van der Waals surface area (Å²) in [6.45, 7) is 2.56. The summed E-state index contributed by atoms with van der Waals surface area (Å²) >= 11 is 0. The van der Waals surface area contributed by atoms with Gasteiger partial charge in [0.05, 0.1) is 11.3 Å². The van der Waals surface area contributed by atoms with Crippen molar-refractivity contribution in [3.63, 3.8) is 0 Å². The van der Waals surface area contributed by atoms with E-state index in [2.05, 4.69) is 10.1 Å². The van der Waals surface area contributed by atoms with Crippen LogP contribution in [0.15, 0.2) is 36.5 Å². The lowest BCUT2D eigenvalue weighted by atomic mass is 10.1. The number of nitrogens with zero attached hydrogens (tertiary/aromatic N) is 4. The molecule has 0 unspecified atom stereocenters. The van der Waals surface area contributed by atoms with Gasteiger partial charge in [-0.15, -0.1) is 0 Å². The van der Waals surface area contributed by atoms with Gasteiger partial charge in [-0.1, -0.05) is 25.0 Å². The third-order valence-electron chi connectivity index (χ3n) is 5.69. The van der Waals surface area contributed by atoms with Crippen molar-refractivity contribution >= 4 is 16.9 Å². The third-order valence-corrected chi connectivity index (χ3v) is 5.69. The standard InChI is InChI=1S/C22H25FN4O/c1-15-20-13-17(14-24-21(20)26(2)25-15)22(28)27(19-5-3-4-6-19)12-11-16-7-9-18(23)10-8-16/h7-10,13-14,19H,3-6,11-12H2,1-2H3. The van der Waals surface area contributed by atoms with E-state index in [1.54, 1.807) is 23.0 Å². The lowest BCUT2D eigenvalue weighted by molar-refractivity contribution is 0.0684. The monoisotopic (exact) mass is 380 g/mol. The second-order valence-electron chi connectivity index (χ2n) is 7.62. The summed E-state index contributed by atoms with van der Waals surface area (Å²) in [6, 6.07) is 8.70. The molecule has 28 heavy (non-hydrogen) atoms. The Hall–Kier alpha value is -2.76. The van der Waals surface area contributed by atoms with Gasteiger partial charge in [0.25, 0.3) is 5.91 Å². The second kappa shape index (κ2) is 7.70. The van der Waals surface area contributed by atoms with Gasteiger partial charge in [0.1, 0.15) is 5.82 Å². The Morgan fingerprint density at radius 3 is 2.68 bits per heavy atom. The number of hydrogen-bond acceptors (Lipinski definition) is 3. The van der Waals surface area contributed by atoms with E-state index in [1.165, 1.54) is 12.1 Å². The molecule has 1 fully saturated rings. The molecule has 146 valence electrons. The van der Waals surface area contributed by atoms with Crippen LogP contribution in [0.3, 0.4) is 0 Å². The number of rotatable bonds is 5. The number of halogens is 1. The van der Waals surface area contributed by atoms with Crippen LogP contribution in [0, 0.1) is 12.7 Å². The minimum atomic E-state index is -0.237. The normalized spacial score (nSPS) is 14.7. The summed E-state index contributed by atoms with van der Waals surface area (Å²) in [6.07, 6.45) is 6.76. The van der Waals surface area contributed by atoms with Crippen LogP contribution < -0.4 is 0 Å². The molecule has 1 aromatic carbocycles. The molecule has 2 aromatic heterocycles. The van der Waals surface area contributed by atoms with Gasteiger partial charge >= 0.3 is 0 Å². The number of fused-ring (bicyclic) bond motifs is 1. The number of carbonyl (C=O) groups excluding carboxylic acids is 1. The van der Waals surface area contributed by atoms with Crippen molar-refractivity contribution in [1.82, 2.24) is 19.7 Å². The molecular weight excluding hydrogens is 355 g/mol. The zero-order valence-corrected chi connectivity index (χ0v) is 16.4. The van der Waals surface area contributed by atoms with E-state index in [4.69, 9.17) is 0 Å². The molecule has 0 radical (unpaired) electrons. The van der Waals surface area contributed by atoms with Crippen LogP contribution in [0.4, 0.5) is 4.39 Å². The number of pyridine rings is 1. The topological polar surface area (TPSA) is 51.0 Å². The van der Waals surface area contributed by atoms with Gasteiger partial charge in [-0.25, -0.2) is 9.37 Å². The SMILES string of the molecule is Cc1nn(C)c2ncc(C(=O)N(CCc3ccc(F)cc3)C3CCCC3)cc12. The fourth-order valence-electron chi connectivity index (χ4n) is 4.16. The first-order valence-electron chi connectivity index (χ1n) is 9.87. The molecule has 0 aliphatic heterocycles. The summed E-state index contributed by atoms with van der Waals surface area (Å²) < 4.78 is 14.9. The summed E-state index contributed by atoms with van der Waals surface area (Å²) in [5, 5.41) is 5.31. The largest absolute Gasteiger partial charge is 0.335 e. The zero-order chi connectivity index (χ0) is 19.7. The van der Waals surface area contributed by atoms with Crippen LogP contribution in [-0.2, 0) is 13.5 Å². The molecule has 4 rings (SSSR count). The van der Waals surface area contributed by atoms with Crippen LogP contribution in [0.1, 0.15) is 47.3 Å². The molecule has 1 saturated carbocycles. The van der Waals surface area contributed by atoms with Gasteiger partial charge in [0, 0.05) is 31.2 Å². The Morgan fingerprint density at radius 1 is 1.25 bits per heavy atom. The molecule has 6 heteroatoms. The van der Waals surface area contributed by atoms with Crippen molar-refractivity contribution in [1.29, 1.82) is 0 Å². The minimum Gasteiger partial charge on any atom is -0.335 e. The Bertz CT molecular complexity index is 990. The van der Waals surface area contributed by atoms with Gasteiger partial charge in [-0.05, 0) is 49.9 Å². The summed E-state index contributed by atoms with van der Waals surface area (Å²) in [7, 11) is 1.86. The maximum absolute atomic E-state index is 13.4. The fraction of sp³-hybridized carbons (Fsp3) is 0.409. The quantitative estimate of drug-likeness (QED) is 0.671. The minimum absolute atomic E-state index is 0.0201. The Kier molecular flexibility index (Phi) is 5.11. The molecule has 0 spiro atoms. The lowest BCUT2D eigenvalue weighted by Crippen LogP contribution is -2.40. The molecule has 1 amide bonds. The highest BCUT2D eigenvalue weighted by Crippen LogP contribution is 2.26. The van der Waals surface area contributed by atoms with E-state index < -0.39 is 0 Å². The van der Waals surface area contributed by atoms with E-state index in [9.17, 15) is 9.18 Å². The van der Waals surface area contributed by atoms with Crippen molar-refractivity contribution in [2.75, 3.05) is 6.54 Å². The summed E-state index contributed by atoms with van der Waals surface area (Å²) in [5.74, 6) is -0.217. The van der Waals surface area contributed by atoms with Crippen LogP contribution in [0.25, 0.3) is 11.0 Å².